The number of hydrogen-bond donors (Lipinski definition) is 0. The Labute approximate surface area is 113 Å². The molecule has 1 aliphatic rings. The summed E-state index contributed by atoms with van der Waals surface area (Å²) in [6, 6.07) is 9.13. The van der Waals surface area contributed by atoms with Gasteiger partial charge in [-0.15, -0.1) is 11.3 Å². The van der Waals surface area contributed by atoms with E-state index in [1.165, 1.54) is 21.7 Å². The predicted octanol–water partition coefficient (Wildman–Crippen LogP) is 4.67. The highest BCUT2D eigenvalue weighted by atomic mass is 32.1. The van der Waals surface area contributed by atoms with Crippen molar-refractivity contribution in [2.75, 3.05) is 0 Å². The van der Waals surface area contributed by atoms with Crippen molar-refractivity contribution in [3.8, 4) is 0 Å². The van der Waals surface area contributed by atoms with E-state index in [1.807, 2.05) is 6.07 Å². The quantitative estimate of drug-likeness (QED) is 0.436. The Kier molecular flexibility index (Phi) is 2.27. The second-order valence-electron chi connectivity index (χ2n) is 4.90. The molecule has 0 unspecified atom stereocenters. The summed E-state index contributed by atoms with van der Waals surface area (Å²) in [6.07, 6.45) is 1.16. The molecule has 0 radical (unpaired) electrons. The summed E-state index contributed by atoms with van der Waals surface area (Å²) in [5.74, 6) is -1.44. The van der Waals surface area contributed by atoms with E-state index in [2.05, 4.69) is 17.5 Å². The van der Waals surface area contributed by atoms with Gasteiger partial charge in [0.1, 0.15) is 0 Å². The molecule has 0 bridgehead atoms. The van der Waals surface area contributed by atoms with Gasteiger partial charge < -0.3 is 0 Å². The van der Waals surface area contributed by atoms with E-state index in [0.717, 1.165) is 11.1 Å². The van der Waals surface area contributed by atoms with Crippen LogP contribution in [0.3, 0.4) is 0 Å². The molecule has 2 aromatic carbocycles. The summed E-state index contributed by atoms with van der Waals surface area (Å²) in [7, 11) is 0. The molecule has 0 N–H and O–H groups in total. The van der Waals surface area contributed by atoms with E-state index in [-0.39, 0.29) is 0 Å². The molecule has 0 spiro atoms. The van der Waals surface area contributed by atoms with Crippen LogP contribution in [-0.2, 0) is 12.8 Å². The summed E-state index contributed by atoms with van der Waals surface area (Å²) >= 11 is 1.67. The van der Waals surface area contributed by atoms with Crippen LogP contribution in [0.1, 0.15) is 22.3 Å². The first-order valence-electron chi connectivity index (χ1n) is 6.18. The lowest BCUT2D eigenvalue weighted by Gasteiger charge is -2.08. The van der Waals surface area contributed by atoms with Crippen molar-refractivity contribution in [3.63, 3.8) is 0 Å². The second kappa shape index (κ2) is 3.87. The minimum atomic E-state index is -0.754. The van der Waals surface area contributed by atoms with Crippen molar-refractivity contribution in [1.82, 2.24) is 0 Å². The Balaban J connectivity index is 2.04. The van der Waals surface area contributed by atoms with E-state index < -0.39 is 11.6 Å². The molecule has 3 heteroatoms. The van der Waals surface area contributed by atoms with Crippen molar-refractivity contribution >= 4 is 21.4 Å². The maximum Gasteiger partial charge on any atom is 0.162 e. The molecule has 94 valence electrons. The van der Waals surface area contributed by atoms with Gasteiger partial charge in [-0.1, -0.05) is 18.2 Å². The number of thiophene rings is 1. The Morgan fingerprint density at radius 2 is 1.79 bits per heavy atom. The fraction of sp³-hybridized carbons (Fsp3) is 0.125. The minimum Gasteiger partial charge on any atom is -0.204 e. The van der Waals surface area contributed by atoms with E-state index in [1.54, 1.807) is 17.4 Å². The highest BCUT2D eigenvalue weighted by Gasteiger charge is 2.21. The monoisotopic (exact) mass is 272 g/mol. The highest BCUT2D eigenvalue weighted by Crippen LogP contribution is 2.36. The first kappa shape index (κ1) is 11.1. The average Bonchev–Trinajstić information content (AvgIpc) is 2.74. The molecule has 1 heterocycles. The van der Waals surface area contributed by atoms with Crippen LogP contribution < -0.4 is 0 Å². The van der Waals surface area contributed by atoms with Crippen molar-refractivity contribution < 1.29 is 8.78 Å². The van der Waals surface area contributed by atoms with Crippen LogP contribution in [0.2, 0.25) is 0 Å². The van der Waals surface area contributed by atoms with Gasteiger partial charge in [-0.2, -0.15) is 0 Å². The molecule has 0 fully saturated rings. The van der Waals surface area contributed by atoms with Crippen LogP contribution in [-0.4, -0.2) is 0 Å². The first-order chi connectivity index (χ1) is 9.24. The third-order valence-electron chi connectivity index (χ3n) is 3.80. The van der Waals surface area contributed by atoms with Gasteiger partial charge >= 0.3 is 0 Å². The zero-order valence-electron chi connectivity index (χ0n) is 10.0. The number of fused-ring (bicyclic) bond motifs is 1. The SMILES string of the molecule is Fc1ccc2c(c1F)Cc1csc3cccc(c13)C2. The van der Waals surface area contributed by atoms with Crippen LogP contribution in [0.15, 0.2) is 35.7 Å². The zero-order valence-corrected chi connectivity index (χ0v) is 10.9. The molecule has 1 aliphatic carbocycles. The molecule has 0 atom stereocenters. The summed E-state index contributed by atoms with van der Waals surface area (Å²) in [4.78, 5) is 0. The fourth-order valence-electron chi connectivity index (χ4n) is 2.90. The topological polar surface area (TPSA) is 0 Å². The normalized spacial score (nSPS) is 13.4. The van der Waals surface area contributed by atoms with Crippen molar-refractivity contribution in [3.05, 3.63) is 69.6 Å². The zero-order chi connectivity index (χ0) is 13.0. The molecule has 3 aromatic rings. The van der Waals surface area contributed by atoms with Gasteiger partial charge in [0, 0.05) is 11.1 Å². The molecule has 1 aromatic heterocycles. The summed E-state index contributed by atoms with van der Waals surface area (Å²) in [6.45, 7) is 0. The van der Waals surface area contributed by atoms with Gasteiger partial charge in [-0.3, -0.25) is 0 Å². The Bertz CT molecular complexity index is 802. The van der Waals surface area contributed by atoms with Crippen LogP contribution in [0.25, 0.3) is 10.1 Å². The molecular formula is C16H10F2S. The van der Waals surface area contributed by atoms with E-state index in [0.29, 0.717) is 18.4 Å². The maximum atomic E-state index is 14.0. The highest BCUT2D eigenvalue weighted by molar-refractivity contribution is 7.17. The average molecular weight is 272 g/mol. The standard InChI is InChI=1S/C16H10F2S/c17-13-5-4-9-6-10-2-1-3-14-15(10)11(8-19-14)7-12(9)16(13)18/h1-5,8H,6-7H2. The molecule has 0 amide bonds. The largest absolute Gasteiger partial charge is 0.204 e. The van der Waals surface area contributed by atoms with Crippen LogP contribution in [0.5, 0.6) is 0 Å². The minimum absolute atomic E-state index is 0.482. The van der Waals surface area contributed by atoms with Crippen LogP contribution in [0, 0.1) is 11.6 Å². The molecule has 0 saturated heterocycles. The molecular weight excluding hydrogens is 262 g/mol. The third-order valence-corrected chi connectivity index (χ3v) is 4.80. The summed E-state index contributed by atoms with van der Waals surface area (Å²) in [5, 5.41) is 3.29. The maximum absolute atomic E-state index is 14.0. The molecule has 19 heavy (non-hydrogen) atoms. The Hall–Kier alpha value is -1.74. The van der Waals surface area contributed by atoms with Crippen LogP contribution in [0.4, 0.5) is 8.78 Å². The van der Waals surface area contributed by atoms with Crippen molar-refractivity contribution in [1.29, 1.82) is 0 Å². The van der Waals surface area contributed by atoms with E-state index in [4.69, 9.17) is 0 Å². The number of hydrogen-bond acceptors (Lipinski definition) is 1. The third kappa shape index (κ3) is 1.55. The van der Waals surface area contributed by atoms with Gasteiger partial charge in [0.15, 0.2) is 11.6 Å². The van der Waals surface area contributed by atoms with Crippen molar-refractivity contribution in [2.45, 2.75) is 12.8 Å². The van der Waals surface area contributed by atoms with Crippen LogP contribution >= 0.6 is 11.3 Å². The number of benzene rings is 2. The second-order valence-corrected chi connectivity index (χ2v) is 5.82. The lowest BCUT2D eigenvalue weighted by atomic mass is 10.00. The summed E-state index contributed by atoms with van der Waals surface area (Å²) in [5.41, 5.74) is 3.72. The van der Waals surface area contributed by atoms with Gasteiger partial charge in [0.05, 0.1) is 0 Å². The summed E-state index contributed by atoms with van der Waals surface area (Å²) < 4.78 is 28.6. The van der Waals surface area contributed by atoms with E-state index >= 15 is 0 Å². The van der Waals surface area contributed by atoms with Gasteiger partial charge in [0.25, 0.3) is 0 Å². The molecule has 0 aliphatic heterocycles. The lowest BCUT2D eigenvalue weighted by molar-refractivity contribution is 0.499. The molecule has 0 nitrogen and oxygen atoms in total. The lowest BCUT2D eigenvalue weighted by Crippen LogP contribution is -2.00. The van der Waals surface area contributed by atoms with E-state index in [9.17, 15) is 8.78 Å². The smallest absolute Gasteiger partial charge is 0.162 e. The van der Waals surface area contributed by atoms with Gasteiger partial charge in [-0.05, 0) is 51.6 Å². The Morgan fingerprint density at radius 1 is 0.895 bits per heavy atom. The van der Waals surface area contributed by atoms with Gasteiger partial charge in [0.2, 0.25) is 0 Å². The first-order valence-corrected chi connectivity index (χ1v) is 7.06. The Morgan fingerprint density at radius 3 is 2.68 bits per heavy atom. The fourth-order valence-corrected chi connectivity index (χ4v) is 3.90. The number of rotatable bonds is 0. The predicted molar refractivity (Wildman–Crippen MR) is 73.8 cm³/mol. The molecule has 4 rings (SSSR count). The molecule has 0 saturated carbocycles. The number of halogens is 2. The van der Waals surface area contributed by atoms with Crippen molar-refractivity contribution in [2.24, 2.45) is 0 Å². The van der Waals surface area contributed by atoms with Gasteiger partial charge in [-0.25, -0.2) is 8.78 Å².